The smallest absolute Gasteiger partial charge is 0.253 e. The summed E-state index contributed by atoms with van der Waals surface area (Å²) in [6.07, 6.45) is 0. The number of carbonyl (C=O) groups excluding carboxylic acids is 2. The summed E-state index contributed by atoms with van der Waals surface area (Å²) in [5.41, 5.74) is 1.21. The van der Waals surface area contributed by atoms with Gasteiger partial charge in [-0.15, -0.1) is 0 Å². The first-order valence-electron chi connectivity index (χ1n) is 4.44. The fraction of sp³-hybridized carbons (Fsp3) is 0.200. The molecule has 0 aliphatic carbocycles. The van der Waals surface area contributed by atoms with Crippen molar-refractivity contribution in [3.8, 4) is 0 Å². The molecular formula is C10H9IN2O2. The number of carbonyl (C=O) groups is 2. The van der Waals surface area contributed by atoms with Gasteiger partial charge in [-0.1, -0.05) is 0 Å². The highest BCUT2D eigenvalue weighted by molar-refractivity contribution is 14.1. The maximum atomic E-state index is 11.7. The highest BCUT2D eigenvalue weighted by Gasteiger charge is 2.23. The molecule has 5 heteroatoms. The monoisotopic (exact) mass is 316 g/mol. The Kier molecular flexibility index (Phi) is 2.64. The van der Waals surface area contributed by atoms with Gasteiger partial charge in [0, 0.05) is 10.6 Å². The molecule has 1 aromatic carbocycles. The van der Waals surface area contributed by atoms with Crippen molar-refractivity contribution in [3.63, 3.8) is 0 Å². The molecule has 0 saturated heterocycles. The van der Waals surface area contributed by atoms with Gasteiger partial charge in [0.25, 0.3) is 5.91 Å². The van der Waals surface area contributed by atoms with Crippen LogP contribution in [0, 0.1) is 3.57 Å². The number of nitrogens with zero attached hydrogens (tertiary/aromatic N) is 1. The molecular weight excluding hydrogens is 307 g/mol. The number of hydrogen-bond donors (Lipinski definition) is 1. The van der Waals surface area contributed by atoms with E-state index in [9.17, 15) is 9.59 Å². The van der Waals surface area contributed by atoms with E-state index < -0.39 is 0 Å². The molecule has 0 unspecified atom stereocenters. The second kappa shape index (κ2) is 3.80. The minimum absolute atomic E-state index is 0.0561. The van der Waals surface area contributed by atoms with Gasteiger partial charge in [0.1, 0.15) is 0 Å². The molecule has 4 nitrogen and oxygen atoms in total. The highest BCUT2D eigenvalue weighted by Crippen LogP contribution is 2.23. The third-order valence-electron chi connectivity index (χ3n) is 2.34. The number of likely N-dealkylation sites (N-methyl/N-ethyl adjacent to an activating group) is 1. The molecule has 0 spiro atoms. The van der Waals surface area contributed by atoms with Gasteiger partial charge < -0.3 is 10.2 Å². The molecule has 0 aromatic heterocycles. The second-order valence-electron chi connectivity index (χ2n) is 3.30. The van der Waals surface area contributed by atoms with Gasteiger partial charge in [0.15, 0.2) is 0 Å². The number of anilines is 1. The van der Waals surface area contributed by atoms with E-state index in [2.05, 4.69) is 27.9 Å². The summed E-state index contributed by atoms with van der Waals surface area (Å²) < 4.78 is 0.976. The molecule has 1 aliphatic rings. The number of benzene rings is 1. The van der Waals surface area contributed by atoms with Gasteiger partial charge in [-0.25, -0.2) is 0 Å². The molecule has 0 saturated carbocycles. The average Bonchev–Trinajstić information content (AvgIpc) is 2.32. The predicted molar refractivity (Wildman–Crippen MR) is 64.9 cm³/mol. The van der Waals surface area contributed by atoms with Crippen LogP contribution in [0.5, 0.6) is 0 Å². The van der Waals surface area contributed by atoms with Crippen LogP contribution in [-0.2, 0) is 4.79 Å². The molecule has 1 heterocycles. The number of halogens is 1. The maximum absolute atomic E-state index is 11.7. The fourth-order valence-electron chi connectivity index (χ4n) is 1.49. The summed E-state index contributed by atoms with van der Waals surface area (Å²) in [6, 6.07) is 5.45. The van der Waals surface area contributed by atoms with E-state index in [4.69, 9.17) is 0 Å². The van der Waals surface area contributed by atoms with Gasteiger partial charge >= 0.3 is 0 Å². The topological polar surface area (TPSA) is 49.4 Å². The van der Waals surface area contributed by atoms with Crippen molar-refractivity contribution in [2.45, 2.75) is 0 Å². The maximum Gasteiger partial charge on any atom is 0.253 e. The Morgan fingerprint density at radius 2 is 2.13 bits per heavy atom. The standard InChI is InChI=1S/C10H9IN2O2/c1-13-8-3-2-6(11)4-7(8)10(15)12-5-9(13)14/h2-4H,5H2,1H3,(H,12,15). The van der Waals surface area contributed by atoms with Gasteiger partial charge in [-0.3, -0.25) is 9.59 Å². The third-order valence-corrected chi connectivity index (χ3v) is 3.01. The van der Waals surface area contributed by atoms with Crippen molar-refractivity contribution >= 4 is 40.1 Å². The quantitative estimate of drug-likeness (QED) is 0.726. The molecule has 2 amide bonds. The Morgan fingerprint density at radius 1 is 1.40 bits per heavy atom. The molecule has 1 aromatic rings. The molecule has 2 rings (SSSR count). The van der Waals surface area contributed by atoms with Crippen molar-refractivity contribution < 1.29 is 9.59 Å². The van der Waals surface area contributed by atoms with E-state index in [1.165, 1.54) is 4.90 Å². The Morgan fingerprint density at radius 3 is 2.87 bits per heavy atom. The first-order chi connectivity index (χ1) is 7.09. The van der Waals surface area contributed by atoms with E-state index in [-0.39, 0.29) is 18.4 Å². The van der Waals surface area contributed by atoms with Crippen LogP contribution < -0.4 is 10.2 Å². The molecule has 0 radical (unpaired) electrons. The number of nitrogens with one attached hydrogen (secondary N) is 1. The first kappa shape index (κ1) is 10.4. The SMILES string of the molecule is CN1C(=O)CNC(=O)c2cc(I)ccc21. The lowest BCUT2D eigenvalue weighted by molar-refractivity contribution is -0.117. The summed E-state index contributed by atoms with van der Waals surface area (Å²) in [6.45, 7) is 0.0561. The van der Waals surface area contributed by atoms with E-state index in [1.807, 2.05) is 6.07 Å². The summed E-state index contributed by atoms with van der Waals surface area (Å²) in [5.74, 6) is -0.301. The van der Waals surface area contributed by atoms with E-state index in [1.54, 1.807) is 19.2 Å². The Labute approximate surface area is 101 Å². The summed E-state index contributed by atoms with van der Waals surface area (Å²) in [5, 5.41) is 2.57. The van der Waals surface area contributed by atoms with Gasteiger partial charge in [0.2, 0.25) is 5.91 Å². The van der Waals surface area contributed by atoms with Crippen LogP contribution in [0.2, 0.25) is 0 Å². The molecule has 0 atom stereocenters. The summed E-state index contributed by atoms with van der Waals surface area (Å²) in [4.78, 5) is 24.7. The van der Waals surface area contributed by atoms with Crippen molar-refractivity contribution in [2.75, 3.05) is 18.5 Å². The van der Waals surface area contributed by atoms with Crippen LogP contribution in [-0.4, -0.2) is 25.4 Å². The molecule has 0 fully saturated rings. The van der Waals surface area contributed by atoms with Crippen LogP contribution in [0.1, 0.15) is 10.4 Å². The zero-order valence-corrected chi connectivity index (χ0v) is 10.2. The van der Waals surface area contributed by atoms with Crippen LogP contribution >= 0.6 is 22.6 Å². The molecule has 1 aliphatic heterocycles. The lowest BCUT2D eigenvalue weighted by Crippen LogP contribution is -2.33. The van der Waals surface area contributed by atoms with Crippen LogP contribution in [0.3, 0.4) is 0 Å². The minimum atomic E-state index is -0.193. The van der Waals surface area contributed by atoms with Crippen molar-refractivity contribution in [2.24, 2.45) is 0 Å². The Bertz CT molecular complexity index is 445. The lowest BCUT2D eigenvalue weighted by atomic mass is 10.1. The van der Waals surface area contributed by atoms with Crippen LogP contribution in [0.4, 0.5) is 5.69 Å². The second-order valence-corrected chi connectivity index (χ2v) is 4.54. The van der Waals surface area contributed by atoms with Crippen molar-refractivity contribution in [1.82, 2.24) is 5.32 Å². The minimum Gasteiger partial charge on any atom is -0.343 e. The van der Waals surface area contributed by atoms with Crippen LogP contribution in [0.15, 0.2) is 18.2 Å². The lowest BCUT2D eigenvalue weighted by Gasteiger charge is -2.15. The van der Waals surface area contributed by atoms with E-state index >= 15 is 0 Å². The largest absolute Gasteiger partial charge is 0.343 e. The van der Waals surface area contributed by atoms with Gasteiger partial charge in [-0.05, 0) is 40.8 Å². The Balaban J connectivity index is 2.59. The zero-order chi connectivity index (χ0) is 11.0. The van der Waals surface area contributed by atoms with E-state index in [0.717, 1.165) is 3.57 Å². The zero-order valence-electron chi connectivity index (χ0n) is 8.08. The molecule has 0 bridgehead atoms. The number of amides is 2. The average molecular weight is 316 g/mol. The molecule has 15 heavy (non-hydrogen) atoms. The highest BCUT2D eigenvalue weighted by atomic mass is 127. The molecule has 1 N–H and O–H groups in total. The normalized spacial score (nSPS) is 15.7. The molecule has 78 valence electrons. The number of fused-ring (bicyclic) bond motifs is 1. The van der Waals surface area contributed by atoms with Gasteiger partial charge in [-0.2, -0.15) is 0 Å². The van der Waals surface area contributed by atoms with Crippen LogP contribution in [0.25, 0.3) is 0 Å². The van der Waals surface area contributed by atoms with E-state index in [0.29, 0.717) is 11.3 Å². The van der Waals surface area contributed by atoms with Crippen molar-refractivity contribution in [1.29, 1.82) is 0 Å². The van der Waals surface area contributed by atoms with Gasteiger partial charge in [0.05, 0.1) is 17.8 Å². The first-order valence-corrected chi connectivity index (χ1v) is 5.52. The summed E-state index contributed by atoms with van der Waals surface area (Å²) in [7, 11) is 1.67. The third kappa shape index (κ3) is 1.83. The Hall–Kier alpha value is -1.11. The fourth-order valence-corrected chi connectivity index (χ4v) is 1.98. The predicted octanol–water partition coefficient (Wildman–Crippen LogP) is 0.997. The van der Waals surface area contributed by atoms with Crippen molar-refractivity contribution in [3.05, 3.63) is 27.3 Å². The number of hydrogen-bond acceptors (Lipinski definition) is 2. The summed E-state index contributed by atoms with van der Waals surface area (Å²) >= 11 is 2.14. The number of rotatable bonds is 0.